The van der Waals surface area contributed by atoms with E-state index in [-0.39, 0.29) is 17.6 Å². The molecule has 3 nitrogen and oxygen atoms in total. The molecule has 0 aliphatic carbocycles. The maximum Gasteiger partial charge on any atom is 0.322 e. The SMILES string of the molecule is COC(=O)C(C)NC(C)(C)C. The van der Waals surface area contributed by atoms with Crippen molar-refractivity contribution in [1.29, 1.82) is 0 Å². The van der Waals surface area contributed by atoms with Gasteiger partial charge in [0.25, 0.3) is 0 Å². The highest BCUT2D eigenvalue weighted by molar-refractivity contribution is 5.75. The van der Waals surface area contributed by atoms with Crippen LogP contribution in [-0.4, -0.2) is 24.7 Å². The minimum atomic E-state index is -0.236. The lowest BCUT2D eigenvalue weighted by atomic mass is 10.1. The normalized spacial score (nSPS) is 14.3. The lowest BCUT2D eigenvalue weighted by Crippen LogP contribution is -2.46. The minimum Gasteiger partial charge on any atom is -0.468 e. The van der Waals surface area contributed by atoms with E-state index in [9.17, 15) is 4.79 Å². The molecule has 0 heterocycles. The summed E-state index contributed by atoms with van der Waals surface area (Å²) >= 11 is 0. The molecule has 3 heteroatoms. The van der Waals surface area contributed by atoms with E-state index in [4.69, 9.17) is 0 Å². The van der Waals surface area contributed by atoms with Crippen molar-refractivity contribution < 1.29 is 9.53 Å². The van der Waals surface area contributed by atoms with Crippen molar-refractivity contribution in [1.82, 2.24) is 5.32 Å². The molecule has 0 radical (unpaired) electrons. The number of esters is 1. The number of carbonyl (C=O) groups is 1. The van der Waals surface area contributed by atoms with Crippen LogP contribution in [0.1, 0.15) is 27.7 Å². The predicted octanol–water partition coefficient (Wildman–Crippen LogP) is 0.936. The zero-order chi connectivity index (χ0) is 9.07. The van der Waals surface area contributed by atoms with Crippen molar-refractivity contribution >= 4 is 5.97 Å². The van der Waals surface area contributed by atoms with E-state index in [1.54, 1.807) is 6.92 Å². The van der Waals surface area contributed by atoms with Gasteiger partial charge >= 0.3 is 5.97 Å². The fourth-order valence-corrected chi connectivity index (χ4v) is 0.885. The van der Waals surface area contributed by atoms with E-state index in [1.807, 2.05) is 20.8 Å². The van der Waals surface area contributed by atoms with Gasteiger partial charge in [0, 0.05) is 5.54 Å². The largest absolute Gasteiger partial charge is 0.468 e. The van der Waals surface area contributed by atoms with Gasteiger partial charge in [-0.1, -0.05) is 0 Å². The van der Waals surface area contributed by atoms with Gasteiger partial charge in [0.2, 0.25) is 0 Å². The second-order valence-electron chi connectivity index (χ2n) is 3.64. The molecule has 1 unspecified atom stereocenters. The second kappa shape index (κ2) is 3.72. The van der Waals surface area contributed by atoms with Crippen LogP contribution in [0.4, 0.5) is 0 Å². The maximum absolute atomic E-state index is 10.9. The van der Waals surface area contributed by atoms with Crippen molar-refractivity contribution in [3.63, 3.8) is 0 Å². The molecule has 1 N–H and O–H groups in total. The molecule has 0 fully saturated rings. The number of hydrogen-bond acceptors (Lipinski definition) is 3. The lowest BCUT2D eigenvalue weighted by Gasteiger charge is -2.24. The maximum atomic E-state index is 10.9. The molecule has 0 aliphatic heterocycles. The van der Waals surface area contributed by atoms with Gasteiger partial charge in [0.1, 0.15) is 6.04 Å². The Morgan fingerprint density at radius 2 is 1.91 bits per heavy atom. The summed E-state index contributed by atoms with van der Waals surface area (Å²) in [5.74, 6) is -0.222. The first-order chi connectivity index (χ1) is 4.87. The summed E-state index contributed by atoms with van der Waals surface area (Å²) in [4.78, 5) is 10.9. The van der Waals surface area contributed by atoms with Crippen LogP contribution in [0.5, 0.6) is 0 Å². The van der Waals surface area contributed by atoms with Crippen molar-refractivity contribution in [2.75, 3.05) is 7.11 Å². The Hall–Kier alpha value is -0.570. The Balaban J connectivity index is 3.87. The van der Waals surface area contributed by atoms with E-state index in [1.165, 1.54) is 7.11 Å². The van der Waals surface area contributed by atoms with Gasteiger partial charge in [-0.05, 0) is 27.7 Å². The van der Waals surface area contributed by atoms with Crippen LogP contribution in [0.3, 0.4) is 0 Å². The fourth-order valence-electron chi connectivity index (χ4n) is 0.885. The summed E-state index contributed by atoms with van der Waals surface area (Å²) < 4.78 is 4.56. The number of rotatable bonds is 2. The first-order valence-corrected chi connectivity index (χ1v) is 3.72. The molecule has 11 heavy (non-hydrogen) atoms. The topological polar surface area (TPSA) is 38.3 Å². The van der Waals surface area contributed by atoms with Crippen LogP contribution in [0, 0.1) is 0 Å². The Bertz CT molecular complexity index is 138. The zero-order valence-corrected chi connectivity index (χ0v) is 7.89. The van der Waals surface area contributed by atoms with E-state index in [0.717, 1.165) is 0 Å². The van der Waals surface area contributed by atoms with Gasteiger partial charge in [0.05, 0.1) is 7.11 Å². The van der Waals surface area contributed by atoms with Crippen LogP contribution in [0.25, 0.3) is 0 Å². The van der Waals surface area contributed by atoms with Crippen LogP contribution < -0.4 is 5.32 Å². The first kappa shape index (κ1) is 10.4. The third kappa shape index (κ3) is 4.79. The Kier molecular flexibility index (Phi) is 3.52. The number of nitrogens with one attached hydrogen (secondary N) is 1. The van der Waals surface area contributed by atoms with Crippen molar-refractivity contribution in [3.05, 3.63) is 0 Å². The zero-order valence-electron chi connectivity index (χ0n) is 7.89. The molecule has 0 amide bonds. The summed E-state index contributed by atoms with van der Waals surface area (Å²) in [7, 11) is 1.39. The molecule has 0 aromatic carbocycles. The van der Waals surface area contributed by atoms with Crippen molar-refractivity contribution in [3.8, 4) is 0 Å². The molecule has 0 aliphatic rings. The third-order valence-corrected chi connectivity index (χ3v) is 1.20. The van der Waals surface area contributed by atoms with E-state index in [2.05, 4.69) is 10.1 Å². The summed E-state index contributed by atoms with van der Waals surface area (Å²) in [6, 6.07) is -0.236. The molecular formula is C8H17NO2. The summed E-state index contributed by atoms with van der Waals surface area (Å²) in [6.45, 7) is 7.81. The first-order valence-electron chi connectivity index (χ1n) is 3.72. The molecule has 0 rings (SSSR count). The Morgan fingerprint density at radius 3 is 2.18 bits per heavy atom. The monoisotopic (exact) mass is 159 g/mol. The highest BCUT2D eigenvalue weighted by atomic mass is 16.5. The van der Waals surface area contributed by atoms with E-state index < -0.39 is 0 Å². The van der Waals surface area contributed by atoms with E-state index >= 15 is 0 Å². The molecular weight excluding hydrogens is 142 g/mol. The highest BCUT2D eigenvalue weighted by Gasteiger charge is 2.19. The molecule has 0 saturated heterocycles. The smallest absolute Gasteiger partial charge is 0.322 e. The van der Waals surface area contributed by atoms with Gasteiger partial charge in [-0.25, -0.2) is 0 Å². The van der Waals surface area contributed by atoms with Crippen LogP contribution in [-0.2, 0) is 9.53 Å². The Morgan fingerprint density at radius 1 is 1.45 bits per heavy atom. The van der Waals surface area contributed by atoms with Crippen LogP contribution in [0.15, 0.2) is 0 Å². The Labute approximate surface area is 68.1 Å². The van der Waals surface area contributed by atoms with Crippen LogP contribution >= 0.6 is 0 Å². The number of methoxy groups -OCH3 is 1. The average molecular weight is 159 g/mol. The predicted molar refractivity (Wildman–Crippen MR) is 44.4 cm³/mol. The van der Waals surface area contributed by atoms with Crippen molar-refractivity contribution in [2.24, 2.45) is 0 Å². The number of carbonyl (C=O) groups excluding carboxylic acids is 1. The quantitative estimate of drug-likeness (QED) is 0.609. The van der Waals surface area contributed by atoms with E-state index in [0.29, 0.717) is 0 Å². The van der Waals surface area contributed by atoms with Crippen molar-refractivity contribution in [2.45, 2.75) is 39.3 Å². The average Bonchev–Trinajstić information content (AvgIpc) is 1.82. The molecule has 0 saturated carbocycles. The highest BCUT2D eigenvalue weighted by Crippen LogP contribution is 2.01. The molecule has 66 valence electrons. The molecule has 0 bridgehead atoms. The summed E-state index contributed by atoms with van der Waals surface area (Å²) in [5.41, 5.74) is -0.0480. The number of hydrogen-bond donors (Lipinski definition) is 1. The van der Waals surface area contributed by atoms with Gasteiger partial charge < -0.3 is 4.74 Å². The van der Waals surface area contributed by atoms with Gasteiger partial charge in [-0.15, -0.1) is 0 Å². The molecule has 0 spiro atoms. The summed E-state index contributed by atoms with van der Waals surface area (Å²) in [6.07, 6.45) is 0. The molecule has 1 atom stereocenters. The summed E-state index contributed by atoms with van der Waals surface area (Å²) in [5, 5.41) is 3.10. The molecule has 0 aromatic rings. The van der Waals surface area contributed by atoms with Crippen LogP contribution in [0.2, 0.25) is 0 Å². The fraction of sp³-hybridized carbons (Fsp3) is 0.875. The standard InChI is InChI=1S/C8H17NO2/c1-6(7(10)11-5)9-8(2,3)4/h6,9H,1-5H3. The minimum absolute atomic E-state index is 0.0480. The van der Waals surface area contributed by atoms with Gasteiger partial charge in [0.15, 0.2) is 0 Å². The molecule has 0 aromatic heterocycles. The van der Waals surface area contributed by atoms with Gasteiger partial charge in [-0.2, -0.15) is 0 Å². The second-order valence-corrected chi connectivity index (χ2v) is 3.64. The third-order valence-electron chi connectivity index (χ3n) is 1.20. The van der Waals surface area contributed by atoms with Gasteiger partial charge in [-0.3, -0.25) is 10.1 Å². The lowest BCUT2D eigenvalue weighted by molar-refractivity contribution is -0.143. The number of ether oxygens (including phenoxy) is 1.